The summed E-state index contributed by atoms with van der Waals surface area (Å²) in [5, 5.41) is 19.1. The average molecular weight is 726 g/mol. The van der Waals surface area contributed by atoms with E-state index in [1.165, 1.54) is 12.1 Å². The lowest BCUT2D eigenvalue weighted by Gasteiger charge is -2.19. The van der Waals surface area contributed by atoms with Crippen molar-refractivity contribution in [1.82, 2.24) is 9.13 Å². The van der Waals surface area contributed by atoms with Crippen molar-refractivity contribution in [1.29, 1.82) is 5.26 Å². The number of halogens is 2. The minimum atomic E-state index is -0.695. The Kier molecular flexibility index (Phi) is 6.13. The summed E-state index contributed by atoms with van der Waals surface area (Å²) in [7, 11) is 0. The Labute approximate surface area is 316 Å². The highest BCUT2D eigenvalue weighted by Gasteiger charge is 2.26. The maximum absolute atomic E-state index is 15.1. The minimum Gasteiger partial charge on any atom is -0.456 e. The van der Waals surface area contributed by atoms with Crippen molar-refractivity contribution in [2.24, 2.45) is 0 Å². The molecule has 0 unspecified atom stereocenters. The zero-order valence-electron chi connectivity index (χ0n) is 29.3. The molecule has 0 fully saturated rings. The number of benzene rings is 8. The number of aromatic nitrogens is 2. The van der Waals surface area contributed by atoms with Gasteiger partial charge in [0.2, 0.25) is 0 Å². The van der Waals surface area contributed by atoms with Gasteiger partial charge in [-0.3, -0.25) is 0 Å². The van der Waals surface area contributed by atoms with E-state index in [-0.39, 0.29) is 0 Å². The van der Waals surface area contributed by atoms with E-state index < -0.39 is 11.6 Å². The third-order valence-electron chi connectivity index (χ3n) is 11.2. The molecule has 262 valence electrons. The van der Waals surface area contributed by atoms with Gasteiger partial charge in [0.05, 0.1) is 44.2 Å². The first kappa shape index (κ1) is 30.7. The molecule has 0 amide bonds. The highest BCUT2D eigenvalue weighted by Crippen LogP contribution is 2.45. The van der Waals surface area contributed by atoms with Gasteiger partial charge < -0.3 is 18.0 Å². The van der Waals surface area contributed by atoms with E-state index in [0.717, 1.165) is 82.4 Å². The maximum atomic E-state index is 15.1. The second-order valence-electron chi connectivity index (χ2n) is 14.2. The van der Waals surface area contributed by atoms with Crippen LogP contribution < -0.4 is 0 Å². The number of nitrogens with zero attached hydrogens (tertiary/aromatic N) is 3. The second kappa shape index (κ2) is 11.2. The highest BCUT2D eigenvalue weighted by molar-refractivity contribution is 6.26. The van der Waals surface area contributed by atoms with Crippen LogP contribution in [0, 0.1) is 23.0 Å². The number of nitriles is 1. The molecule has 0 spiro atoms. The molecule has 7 heteroatoms. The fourth-order valence-electron chi connectivity index (χ4n) is 9.00. The lowest BCUT2D eigenvalue weighted by atomic mass is 9.99. The molecule has 4 aromatic heterocycles. The largest absolute Gasteiger partial charge is 0.456 e. The van der Waals surface area contributed by atoms with Crippen molar-refractivity contribution in [2.45, 2.75) is 0 Å². The summed E-state index contributed by atoms with van der Waals surface area (Å²) in [4.78, 5) is 0. The van der Waals surface area contributed by atoms with Crippen molar-refractivity contribution in [3.05, 3.63) is 169 Å². The van der Waals surface area contributed by atoms with Crippen molar-refractivity contribution >= 4 is 87.5 Å². The smallest absolute Gasteiger partial charge is 0.137 e. The molecule has 4 heterocycles. The summed E-state index contributed by atoms with van der Waals surface area (Å²) >= 11 is 0. The molecule has 0 aliphatic rings. The van der Waals surface area contributed by atoms with Crippen LogP contribution in [0.3, 0.4) is 0 Å². The van der Waals surface area contributed by atoms with Gasteiger partial charge in [0.1, 0.15) is 45.6 Å². The van der Waals surface area contributed by atoms with Crippen LogP contribution in [-0.2, 0) is 0 Å². The molecular formula is C49H25F2N3O2. The summed E-state index contributed by atoms with van der Waals surface area (Å²) in [6, 6.07) is 50.1. The van der Waals surface area contributed by atoms with E-state index in [1.807, 2.05) is 109 Å². The van der Waals surface area contributed by atoms with Crippen LogP contribution >= 0.6 is 0 Å². The van der Waals surface area contributed by atoms with Gasteiger partial charge in [-0.25, -0.2) is 8.78 Å². The van der Waals surface area contributed by atoms with E-state index in [2.05, 4.69) is 39.5 Å². The molecule has 8 aromatic carbocycles. The fourth-order valence-corrected chi connectivity index (χ4v) is 9.00. The van der Waals surface area contributed by atoms with Crippen molar-refractivity contribution in [3.8, 4) is 28.6 Å². The maximum Gasteiger partial charge on any atom is 0.137 e. The zero-order chi connectivity index (χ0) is 37.2. The zero-order valence-corrected chi connectivity index (χ0v) is 29.3. The van der Waals surface area contributed by atoms with E-state index in [9.17, 15) is 5.26 Å². The normalized spacial score (nSPS) is 12.1. The number of fused-ring (bicyclic) bond motifs is 14. The molecule has 12 rings (SSSR count). The quantitative estimate of drug-likeness (QED) is 0.182. The van der Waals surface area contributed by atoms with Gasteiger partial charge in [0, 0.05) is 38.4 Å². The van der Waals surface area contributed by atoms with Gasteiger partial charge in [0.15, 0.2) is 0 Å². The topological polar surface area (TPSA) is 59.9 Å². The van der Waals surface area contributed by atoms with Crippen molar-refractivity contribution < 1.29 is 17.6 Å². The Hall–Kier alpha value is -7.69. The van der Waals surface area contributed by atoms with Crippen LogP contribution in [0.5, 0.6) is 0 Å². The van der Waals surface area contributed by atoms with E-state index in [4.69, 9.17) is 8.83 Å². The molecular weight excluding hydrogens is 701 g/mol. The summed E-state index contributed by atoms with van der Waals surface area (Å²) in [6.45, 7) is 0. The van der Waals surface area contributed by atoms with E-state index in [1.54, 1.807) is 0 Å². The molecule has 0 aliphatic carbocycles. The van der Waals surface area contributed by atoms with Crippen molar-refractivity contribution in [3.63, 3.8) is 0 Å². The Morgan fingerprint density at radius 3 is 1.34 bits per heavy atom. The van der Waals surface area contributed by atoms with Crippen LogP contribution in [0.15, 0.2) is 160 Å². The van der Waals surface area contributed by atoms with Gasteiger partial charge in [-0.05, 0) is 83.9 Å². The van der Waals surface area contributed by atoms with Crippen LogP contribution in [0.1, 0.15) is 5.56 Å². The number of rotatable bonds is 3. The number of furan rings is 2. The Bertz CT molecular complexity index is 3480. The summed E-state index contributed by atoms with van der Waals surface area (Å²) < 4.78 is 47.2. The fraction of sp³-hybridized carbons (Fsp3) is 0. The predicted molar refractivity (Wildman–Crippen MR) is 220 cm³/mol. The van der Waals surface area contributed by atoms with Gasteiger partial charge in [-0.1, -0.05) is 72.8 Å². The SMILES string of the molecule is N#Cc1c(-n2c3ccccc3c3ccc4oc5ccccc5c4c32)cc(-c2cc(F)cc(F)c2)cc1-n1c2ccccc2c2ccc3oc4ccccc4c3c21. The first-order chi connectivity index (χ1) is 27.6. The van der Waals surface area contributed by atoms with Gasteiger partial charge >= 0.3 is 0 Å². The molecule has 0 saturated carbocycles. The second-order valence-corrected chi connectivity index (χ2v) is 14.2. The van der Waals surface area contributed by atoms with Gasteiger partial charge in [-0.15, -0.1) is 0 Å². The molecule has 56 heavy (non-hydrogen) atoms. The third-order valence-corrected chi connectivity index (χ3v) is 11.2. The van der Waals surface area contributed by atoms with Crippen molar-refractivity contribution in [2.75, 3.05) is 0 Å². The van der Waals surface area contributed by atoms with Gasteiger partial charge in [0.25, 0.3) is 0 Å². The predicted octanol–water partition coefficient (Wildman–Crippen LogP) is 13.5. The summed E-state index contributed by atoms with van der Waals surface area (Å²) in [6.07, 6.45) is 0. The van der Waals surface area contributed by atoms with Crippen LogP contribution in [-0.4, -0.2) is 9.13 Å². The molecule has 0 saturated heterocycles. The Balaban J connectivity index is 1.32. The van der Waals surface area contributed by atoms with Crippen LogP contribution in [0.25, 0.3) is 110 Å². The lowest BCUT2D eigenvalue weighted by molar-refractivity contribution is 0.584. The monoisotopic (exact) mass is 725 g/mol. The molecule has 0 atom stereocenters. The third kappa shape index (κ3) is 4.10. The standard InChI is InChI=1S/C49H25F2N3O2/c50-29-21-27(22-30(51)25-29)28-23-40(53-38-13-5-1-9-31(38)33-17-19-44-46(48(33)53)35-11-3-7-15-42(35)55-44)37(26-52)41(24-28)54-39-14-6-2-10-32(39)34-18-20-45-47(49(34)54)36-12-4-8-16-43(36)56-45/h1-25H. The molecule has 0 bridgehead atoms. The first-order valence-electron chi connectivity index (χ1n) is 18.3. The van der Waals surface area contributed by atoms with E-state index >= 15 is 8.78 Å². The number of para-hydroxylation sites is 4. The first-order valence-corrected chi connectivity index (χ1v) is 18.3. The van der Waals surface area contributed by atoms with Gasteiger partial charge in [-0.2, -0.15) is 5.26 Å². The highest BCUT2D eigenvalue weighted by atomic mass is 19.1. The molecule has 0 aliphatic heterocycles. The Morgan fingerprint density at radius 2 is 0.857 bits per heavy atom. The number of hydrogen-bond donors (Lipinski definition) is 0. The Morgan fingerprint density at radius 1 is 0.429 bits per heavy atom. The average Bonchev–Trinajstić information content (AvgIpc) is 3.97. The summed E-state index contributed by atoms with van der Waals surface area (Å²) in [5.74, 6) is -1.39. The number of hydrogen-bond acceptors (Lipinski definition) is 3. The molecule has 5 nitrogen and oxygen atoms in total. The minimum absolute atomic E-state index is 0.342. The lowest BCUT2D eigenvalue weighted by Crippen LogP contribution is -2.05. The molecule has 0 N–H and O–H groups in total. The molecule has 0 radical (unpaired) electrons. The van der Waals surface area contributed by atoms with E-state index in [0.29, 0.717) is 39.2 Å². The summed E-state index contributed by atoms with van der Waals surface area (Å²) in [5.41, 5.74) is 8.77. The molecule has 12 aromatic rings. The van der Waals surface area contributed by atoms with Crippen LogP contribution in [0.2, 0.25) is 0 Å². The van der Waals surface area contributed by atoms with Crippen LogP contribution in [0.4, 0.5) is 8.78 Å².